The molecule has 0 bridgehead atoms. The molecule has 0 spiro atoms. The molecule has 0 saturated carbocycles. The molecule has 0 amide bonds. The molecule has 17 rings (SSSR count). The van der Waals surface area contributed by atoms with E-state index in [2.05, 4.69) is 240 Å². The Morgan fingerprint density at radius 1 is 0.279 bits per heavy atom. The first-order valence-electron chi connectivity index (χ1n) is 28.7. The fraction of sp³-hybridized carbons (Fsp3) is 0. The van der Waals surface area contributed by atoms with Crippen molar-refractivity contribution in [3.8, 4) is 68.0 Å². The van der Waals surface area contributed by atoms with Gasteiger partial charge in [-0.1, -0.05) is 0 Å². The van der Waals surface area contributed by atoms with Gasteiger partial charge in [-0.05, 0) is 0 Å². The quantitative estimate of drug-likeness (QED) is 0.125. The molecule has 4 aliphatic rings. The van der Waals surface area contributed by atoms with E-state index in [9.17, 15) is 0 Å². The van der Waals surface area contributed by atoms with Crippen LogP contribution in [0.5, 0.6) is 23.0 Å². The summed E-state index contributed by atoms with van der Waals surface area (Å²) in [5.41, 5.74) is 21.4. The zero-order chi connectivity index (χ0) is 56.7. The predicted octanol–water partition coefficient (Wildman–Crippen LogP) is 10.1. The van der Waals surface area contributed by atoms with E-state index < -0.39 is 41.8 Å². The normalized spacial score (nSPS) is 12.7. The van der Waals surface area contributed by atoms with Gasteiger partial charge in [-0.25, -0.2) is 0 Å². The van der Waals surface area contributed by atoms with E-state index in [4.69, 9.17) is 29.4 Å². The number of hydrogen-bond donors (Lipinski definition) is 0. The second kappa shape index (κ2) is 21.2. The third-order valence-corrected chi connectivity index (χ3v) is 23.1. The summed E-state index contributed by atoms with van der Waals surface area (Å²) in [7, 11) is 0. The van der Waals surface area contributed by atoms with E-state index in [0.717, 1.165) is 102 Å². The Kier molecular flexibility index (Phi) is 12.6. The maximum absolute atomic E-state index is 7.21. The van der Waals surface area contributed by atoms with Crippen molar-refractivity contribution in [2.45, 2.75) is 0 Å². The van der Waals surface area contributed by atoms with Crippen LogP contribution in [0.1, 0.15) is 0 Å². The van der Waals surface area contributed by atoms with Crippen LogP contribution in [0.4, 0.5) is 34.1 Å². The molecule has 9 aromatic carbocycles. The average Bonchev–Trinajstić information content (AvgIpc) is 0.863. The van der Waals surface area contributed by atoms with Gasteiger partial charge < -0.3 is 0 Å². The molecule has 86 heavy (non-hydrogen) atoms. The van der Waals surface area contributed by atoms with Crippen molar-refractivity contribution in [3.05, 3.63) is 280 Å². The first kappa shape index (κ1) is 51.0. The summed E-state index contributed by atoms with van der Waals surface area (Å²) in [5, 5.41) is 0. The maximum atomic E-state index is 7.21. The molecule has 13 aromatic rings. The minimum atomic E-state index is -1.03. The van der Waals surface area contributed by atoms with Crippen LogP contribution in [0.25, 0.3) is 45.0 Å². The number of para-hydroxylation sites is 6. The molecule has 0 fully saturated rings. The molecule has 8 heterocycles. The number of fused-ring (bicyclic) bond motifs is 8. The molecule has 0 radical (unpaired) electrons. The number of anilines is 6. The van der Waals surface area contributed by atoms with E-state index in [1.165, 1.54) is 47.2 Å². The van der Waals surface area contributed by atoms with Gasteiger partial charge in [-0.2, -0.15) is 0 Å². The monoisotopic (exact) mass is 1330 g/mol. The van der Waals surface area contributed by atoms with Crippen molar-refractivity contribution in [1.29, 1.82) is 0 Å². The molecular weight excluding hydrogens is 1280 g/mol. The van der Waals surface area contributed by atoms with Crippen LogP contribution in [-0.2, 0) is 0 Å². The molecule has 0 aliphatic carbocycles. The van der Waals surface area contributed by atoms with Crippen LogP contribution in [0.15, 0.2) is 280 Å². The van der Waals surface area contributed by atoms with Gasteiger partial charge in [0.1, 0.15) is 0 Å². The molecule has 0 N–H and O–H groups in total. The second-order valence-corrected chi connectivity index (χ2v) is 27.8. The van der Waals surface area contributed by atoms with Gasteiger partial charge in [0.05, 0.1) is 0 Å². The summed E-state index contributed by atoms with van der Waals surface area (Å²) >= 11 is -2.05. The molecule has 12 heteroatoms. The Hall–Kier alpha value is -9.51. The van der Waals surface area contributed by atoms with Gasteiger partial charge in [-0.15, -0.1) is 0 Å². The molecular formula is C74H46B2N6O2Te2. The van der Waals surface area contributed by atoms with Crippen molar-refractivity contribution in [3.63, 3.8) is 0 Å². The van der Waals surface area contributed by atoms with Gasteiger partial charge in [0.15, 0.2) is 0 Å². The zero-order valence-corrected chi connectivity index (χ0v) is 50.7. The number of aromatic nitrogens is 4. The Labute approximate surface area is 519 Å². The standard InChI is InChI=1S/C74H46B2N6O2Te2/c1-3-21-47(22-4-1)81(73-51(59-31-11-15-37-77-59)25-19-26-52(73)60-32-12-16-38-78-60)49-41-65-71-69(43-49)85-67-46-68-58(45-57(67)75(71)55-29-7-9-35-63(55)83-65)76-56-30-8-10-36-64(56)84-66-42-50(44-70(86-68)72(66)76)82(48-23-5-2-6-24-48)74-53(61-33-13-17-39-79-61)27-20-28-54(74)62-34-14-18-40-80-62/h1-46H. The number of hydrogen-bond acceptors (Lipinski definition) is 8. The molecule has 4 aromatic heterocycles. The first-order chi connectivity index (χ1) is 42.7. The summed E-state index contributed by atoms with van der Waals surface area (Å²) in [5.74, 6) is 3.57. The first-order valence-corrected chi connectivity index (χ1v) is 33.4. The molecule has 402 valence electrons. The topological polar surface area (TPSA) is 76.5 Å². The van der Waals surface area contributed by atoms with Crippen molar-refractivity contribution in [2.24, 2.45) is 0 Å². The molecule has 4 aliphatic heterocycles. The average molecular weight is 1330 g/mol. The van der Waals surface area contributed by atoms with E-state index in [0.29, 0.717) is 0 Å². The number of ether oxygens (including phenoxy) is 2. The summed E-state index contributed by atoms with van der Waals surface area (Å²) < 4.78 is 20.1. The summed E-state index contributed by atoms with van der Waals surface area (Å²) in [4.78, 5) is 24.7. The van der Waals surface area contributed by atoms with Gasteiger partial charge in [0.2, 0.25) is 0 Å². The van der Waals surface area contributed by atoms with E-state index in [-0.39, 0.29) is 13.4 Å². The van der Waals surface area contributed by atoms with Crippen LogP contribution >= 0.6 is 0 Å². The van der Waals surface area contributed by atoms with E-state index in [1.807, 2.05) is 49.1 Å². The molecule has 0 saturated heterocycles. The van der Waals surface area contributed by atoms with Gasteiger partial charge in [0.25, 0.3) is 0 Å². The second-order valence-electron chi connectivity index (χ2n) is 21.6. The van der Waals surface area contributed by atoms with Crippen molar-refractivity contribution < 1.29 is 9.47 Å². The fourth-order valence-electron chi connectivity index (χ4n) is 13.1. The predicted molar refractivity (Wildman–Crippen MR) is 354 cm³/mol. The van der Waals surface area contributed by atoms with Crippen LogP contribution in [0.2, 0.25) is 0 Å². The Balaban J connectivity index is 0.859. The zero-order valence-electron chi connectivity index (χ0n) is 46.0. The third kappa shape index (κ3) is 8.58. The van der Waals surface area contributed by atoms with Gasteiger partial charge in [-0.3, -0.25) is 0 Å². The number of nitrogens with zero attached hydrogens (tertiary/aromatic N) is 6. The fourth-order valence-corrected chi connectivity index (χ4v) is 20.7. The summed E-state index contributed by atoms with van der Waals surface area (Å²) in [6.07, 6.45) is 7.49. The van der Waals surface area contributed by atoms with Gasteiger partial charge >= 0.3 is 523 Å². The minimum absolute atomic E-state index is 0.0287. The summed E-state index contributed by atoms with van der Waals surface area (Å²) in [6.45, 7) is -0.0573. The third-order valence-electron chi connectivity index (χ3n) is 16.7. The molecule has 8 nitrogen and oxygen atoms in total. The van der Waals surface area contributed by atoms with Crippen molar-refractivity contribution in [1.82, 2.24) is 19.9 Å². The van der Waals surface area contributed by atoms with Crippen molar-refractivity contribution in [2.75, 3.05) is 9.80 Å². The Bertz CT molecular complexity index is 4390. The van der Waals surface area contributed by atoms with Crippen LogP contribution in [0, 0.1) is 0 Å². The van der Waals surface area contributed by atoms with E-state index >= 15 is 0 Å². The Morgan fingerprint density at radius 3 is 1.01 bits per heavy atom. The van der Waals surface area contributed by atoms with Crippen LogP contribution < -0.4 is 66.5 Å². The molecule has 0 unspecified atom stereocenters. The van der Waals surface area contributed by atoms with E-state index in [1.54, 1.807) is 0 Å². The Morgan fingerprint density at radius 2 is 0.640 bits per heavy atom. The van der Waals surface area contributed by atoms with Crippen molar-refractivity contribution >= 4 is 137 Å². The van der Waals surface area contributed by atoms with Crippen LogP contribution in [-0.4, -0.2) is 75.2 Å². The SMILES string of the molecule is c1ccc(N(c2cc3c4c(c2)[Te]c2cc5c(cc2B4c2ccccc2O3)B2c3ccccc3Oc3cc(N(c4ccccc4)c4c(-c6ccccn6)cccc4-c4ccccn4)cc(c32)[Te]5)c2c(-c3ccccn3)cccc2-c2ccccn2)cc1. The number of rotatable bonds is 10. The summed E-state index contributed by atoms with van der Waals surface area (Å²) in [6, 6.07) is 91.2. The molecule has 0 atom stereocenters. The number of pyridine rings is 4. The van der Waals surface area contributed by atoms with Crippen LogP contribution in [0.3, 0.4) is 0 Å². The number of benzene rings is 9. The van der Waals surface area contributed by atoms with Gasteiger partial charge in [0, 0.05) is 0 Å².